The molecule has 0 spiro atoms. The summed E-state index contributed by atoms with van der Waals surface area (Å²) in [4.78, 5) is 12.2. The molecular formula is C20H23ClN2O4. The molecule has 0 aromatic heterocycles. The van der Waals surface area contributed by atoms with E-state index in [-0.39, 0.29) is 18.6 Å². The van der Waals surface area contributed by atoms with Crippen LogP contribution < -0.4 is 20.1 Å². The second kappa shape index (κ2) is 9.48. The van der Waals surface area contributed by atoms with Gasteiger partial charge in [0.1, 0.15) is 18.1 Å². The summed E-state index contributed by atoms with van der Waals surface area (Å²) in [5, 5.41) is 6.35. The first-order chi connectivity index (χ1) is 13.2. The van der Waals surface area contributed by atoms with Gasteiger partial charge in [-0.2, -0.15) is 0 Å². The zero-order valence-electron chi connectivity index (χ0n) is 15.2. The summed E-state index contributed by atoms with van der Waals surface area (Å²) >= 11 is 6.08. The molecule has 0 bridgehead atoms. The Morgan fingerprint density at radius 2 is 2.11 bits per heavy atom. The summed E-state index contributed by atoms with van der Waals surface area (Å²) in [6, 6.07) is 12.6. The molecule has 6 nitrogen and oxygen atoms in total. The fourth-order valence-corrected chi connectivity index (χ4v) is 3.08. The van der Waals surface area contributed by atoms with Crippen molar-refractivity contribution < 1.29 is 19.0 Å². The summed E-state index contributed by atoms with van der Waals surface area (Å²) in [5.41, 5.74) is 1.37. The van der Waals surface area contributed by atoms with Crippen molar-refractivity contribution in [2.24, 2.45) is 0 Å². The molecule has 3 rings (SSSR count). The lowest BCUT2D eigenvalue weighted by Gasteiger charge is -2.15. The third-order valence-electron chi connectivity index (χ3n) is 4.21. The molecule has 1 atom stereocenters. The smallest absolute Gasteiger partial charge is 0.243 e. The van der Waals surface area contributed by atoms with E-state index < -0.39 is 0 Å². The molecule has 2 N–H and O–H groups in total. The summed E-state index contributed by atoms with van der Waals surface area (Å²) < 4.78 is 16.5. The number of para-hydroxylation sites is 2. The molecule has 1 aliphatic rings. The standard InChI is InChI=1S/C20H23ClN2O4/c1-25-18-9-8-14(11-16(18)21)23-20(24)12-22-17-6-2-3-7-19(17)27-13-15-5-4-10-26-15/h2-3,6-9,11,15,22H,4-5,10,12-13H2,1H3,(H,23,24). The SMILES string of the molecule is COc1ccc(NC(=O)CNc2ccccc2OCC2CCCO2)cc1Cl. The Hall–Kier alpha value is -2.44. The number of amides is 1. The molecule has 27 heavy (non-hydrogen) atoms. The number of benzene rings is 2. The highest BCUT2D eigenvalue weighted by Gasteiger charge is 2.17. The number of anilines is 2. The zero-order chi connectivity index (χ0) is 19.1. The van der Waals surface area contributed by atoms with E-state index in [4.69, 9.17) is 25.8 Å². The van der Waals surface area contributed by atoms with Crippen LogP contribution in [0.4, 0.5) is 11.4 Å². The molecule has 7 heteroatoms. The van der Waals surface area contributed by atoms with Gasteiger partial charge in [0.2, 0.25) is 5.91 Å². The second-order valence-corrected chi connectivity index (χ2v) is 6.60. The Morgan fingerprint density at radius 1 is 1.26 bits per heavy atom. The lowest BCUT2D eigenvalue weighted by Crippen LogP contribution is -2.22. The van der Waals surface area contributed by atoms with Crippen molar-refractivity contribution in [1.82, 2.24) is 0 Å². The first-order valence-corrected chi connectivity index (χ1v) is 9.24. The molecule has 144 valence electrons. The minimum atomic E-state index is -0.190. The predicted molar refractivity (Wildman–Crippen MR) is 106 cm³/mol. The van der Waals surface area contributed by atoms with Crippen LogP contribution in [-0.2, 0) is 9.53 Å². The third kappa shape index (κ3) is 5.52. The molecule has 0 radical (unpaired) electrons. The molecule has 0 saturated carbocycles. The molecule has 0 aliphatic carbocycles. The van der Waals surface area contributed by atoms with Gasteiger partial charge in [-0.25, -0.2) is 0 Å². The maximum absolute atomic E-state index is 12.2. The molecule has 1 heterocycles. The first-order valence-electron chi connectivity index (χ1n) is 8.86. The minimum Gasteiger partial charge on any atom is -0.495 e. The number of nitrogens with one attached hydrogen (secondary N) is 2. The number of rotatable bonds is 8. The van der Waals surface area contributed by atoms with Gasteiger partial charge in [0.15, 0.2) is 0 Å². The number of carbonyl (C=O) groups is 1. The molecule has 1 amide bonds. The van der Waals surface area contributed by atoms with Crippen molar-refractivity contribution in [3.63, 3.8) is 0 Å². The quantitative estimate of drug-likeness (QED) is 0.714. The van der Waals surface area contributed by atoms with E-state index >= 15 is 0 Å². The summed E-state index contributed by atoms with van der Waals surface area (Å²) in [5.74, 6) is 1.07. The highest BCUT2D eigenvalue weighted by molar-refractivity contribution is 6.32. The van der Waals surface area contributed by atoms with Crippen LogP contribution in [0.1, 0.15) is 12.8 Å². The lowest BCUT2D eigenvalue weighted by atomic mass is 10.2. The topological polar surface area (TPSA) is 68.8 Å². The van der Waals surface area contributed by atoms with Gasteiger partial charge in [-0.3, -0.25) is 4.79 Å². The number of halogens is 1. The zero-order valence-corrected chi connectivity index (χ0v) is 15.9. The van der Waals surface area contributed by atoms with Gasteiger partial charge in [0.25, 0.3) is 0 Å². The lowest BCUT2D eigenvalue weighted by molar-refractivity contribution is -0.114. The molecule has 1 saturated heterocycles. The average molecular weight is 391 g/mol. The van der Waals surface area contributed by atoms with Crippen molar-refractivity contribution in [3.8, 4) is 11.5 Å². The van der Waals surface area contributed by atoms with E-state index in [0.29, 0.717) is 28.8 Å². The number of carbonyl (C=O) groups excluding carboxylic acids is 1. The van der Waals surface area contributed by atoms with Crippen LogP contribution in [0.3, 0.4) is 0 Å². The largest absolute Gasteiger partial charge is 0.495 e. The molecular weight excluding hydrogens is 368 g/mol. The van der Waals surface area contributed by atoms with Crippen molar-refractivity contribution in [1.29, 1.82) is 0 Å². The molecule has 2 aromatic rings. The van der Waals surface area contributed by atoms with Gasteiger partial charge >= 0.3 is 0 Å². The van der Waals surface area contributed by atoms with E-state index in [9.17, 15) is 4.79 Å². The van der Waals surface area contributed by atoms with E-state index in [1.165, 1.54) is 0 Å². The van der Waals surface area contributed by atoms with Gasteiger partial charge in [-0.15, -0.1) is 0 Å². The fraction of sp³-hybridized carbons (Fsp3) is 0.350. The van der Waals surface area contributed by atoms with Crippen LogP contribution in [0, 0.1) is 0 Å². The Balaban J connectivity index is 1.53. The van der Waals surface area contributed by atoms with Crippen molar-refractivity contribution >= 4 is 28.9 Å². The maximum Gasteiger partial charge on any atom is 0.243 e. The van der Waals surface area contributed by atoms with Crippen molar-refractivity contribution in [2.75, 3.05) is 37.5 Å². The molecule has 1 aliphatic heterocycles. The third-order valence-corrected chi connectivity index (χ3v) is 4.51. The van der Waals surface area contributed by atoms with E-state index in [2.05, 4.69) is 10.6 Å². The highest BCUT2D eigenvalue weighted by Crippen LogP contribution is 2.27. The van der Waals surface area contributed by atoms with Crippen LogP contribution in [0.15, 0.2) is 42.5 Å². The highest BCUT2D eigenvalue weighted by atomic mass is 35.5. The Kier molecular flexibility index (Phi) is 6.79. The Labute approximate surface area is 163 Å². The van der Waals surface area contributed by atoms with E-state index in [1.54, 1.807) is 25.3 Å². The van der Waals surface area contributed by atoms with Crippen LogP contribution in [0.5, 0.6) is 11.5 Å². The fourth-order valence-electron chi connectivity index (χ4n) is 2.82. The van der Waals surface area contributed by atoms with Crippen LogP contribution >= 0.6 is 11.6 Å². The Bertz CT molecular complexity index is 778. The van der Waals surface area contributed by atoms with Gasteiger partial charge in [0, 0.05) is 12.3 Å². The van der Waals surface area contributed by atoms with Gasteiger partial charge in [-0.05, 0) is 43.2 Å². The van der Waals surface area contributed by atoms with Crippen LogP contribution in [-0.4, -0.2) is 38.9 Å². The summed E-state index contributed by atoms with van der Waals surface area (Å²) in [6.45, 7) is 1.41. The number of hydrogen-bond donors (Lipinski definition) is 2. The van der Waals surface area contributed by atoms with Gasteiger partial charge in [0.05, 0.1) is 30.5 Å². The van der Waals surface area contributed by atoms with Crippen molar-refractivity contribution in [3.05, 3.63) is 47.5 Å². The second-order valence-electron chi connectivity index (χ2n) is 6.19. The maximum atomic E-state index is 12.2. The van der Waals surface area contributed by atoms with Crippen LogP contribution in [0.2, 0.25) is 5.02 Å². The number of ether oxygens (including phenoxy) is 3. The van der Waals surface area contributed by atoms with Crippen LogP contribution in [0.25, 0.3) is 0 Å². The number of methoxy groups -OCH3 is 1. The van der Waals surface area contributed by atoms with Crippen molar-refractivity contribution in [2.45, 2.75) is 18.9 Å². The first kappa shape index (κ1) is 19.3. The van der Waals surface area contributed by atoms with Gasteiger partial charge < -0.3 is 24.8 Å². The monoisotopic (exact) mass is 390 g/mol. The normalized spacial score (nSPS) is 16.0. The summed E-state index contributed by atoms with van der Waals surface area (Å²) in [6.07, 6.45) is 2.23. The Morgan fingerprint density at radius 3 is 2.85 bits per heavy atom. The van der Waals surface area contributed by atoms with E-state index in [0.717, 1.165) is 25.1 Å². The average Bonchev–Trinajstić information content (AvgIpc) is 3.19. The van der Waals surface area contributed by atoms with Gasteiger partial charge in [-0.1, -0.05) is 23.7 Å². The molecule has 1 unspecified atom stereocenters. The number of hydrogen-bond acceptors (Lipinski definition) is 5. The molecule has 2 aromatic carbocycles. The minimum absolute atomic E-state index is 0.101. The molecule has 1 fully saturated rings. The van der Waals surface area contributed by atoms with E-state index in [1.807, 2.05) is 24.3 Å². The summed E-state index contributed by atoms with van der Waals surface area (Å²) in [7, 11) is 1.54. The predicted octanol–water partition coefficient (Wildman–Crippen LogP) is 3.96.